The number of H-pyrrole nitrogens is 1. The van der Waals surface area contributed by atoms with Crippen molar-refractivity contribution in [2.75, 3.05) is 13.1 Å². The Balaban J connectivity index is 1.79. The maximum absolute atomic E-state index is 13.4. The molecule has 0 bridgehead atoms. The molecule has 6 nitrogen and oxygen atoms in total. The van der Waals surface area contributed by atoms with E-state index in [1.165, 1.54) is 4.31 Å². The molecule has 1 aromatic heterocycles. The monoisotopic (exact) mass is 435 g/mol. The van der Waals surface area contributed by atoms with Crippen molar-refractivity contribution in [3.05, 3.63) is 53.2 Å². The van der Waals surface area contributed by atoms with Crippen molar-refractivity contribution in [1.82, 2.24) is 9.29 Å². The van der Waals surface area contributed by atoms with Gasteiger partial charge in [-0.2, -0.15) is 4.31 Å². The largest absolute Gasteiger partial charge is 0.364 e. The standard InChI is InChI=1S/C21H26ClN3O3S/c1-2-3-4-5-6-7-8-15-11-12-25(14-15)29(27,28)20-17-13-16(22)9-10-18(17)24-19(20)21(23)26/h2-5,9-10,13,15,24H,6-8,11-12,14H2,1H3,(H2,23,26)/b3-2-,5-4-. The Bertz CT molecular complexity index is 1060. The average molecular weight is 436 g/mol. The van der Waals surface area contributed by atoms with Crippen LogP contribution >= 0.6 is 11.6 Å². The lowest BCUT2D eigenvalue weighted by Gasteiger charge is -2.17. The number of nitrogens with two attached hydrogens (primary N) is 1. The summed E-state index contributed by atoms with van der Waals surface area (Å²) in [6.07, 6.45) is 11.9. The number of fused-ring (bicyclic) bond motifs is 1. The van der Waals surface area contributed by atoms with Crippen molar-refractivity contribution >= 4 is 38.4 Å². The summed E-state index contributed by atoms with van der Waals surface area (Å²) in [4.78, 5) is 14.7. The summed E-state index contributed by atoms with van der Waals surface area (Å²) in [7, 11) is -3.87. The van der Waals surface area contributed by atoms with Crippen molar-refractivity contribution in [1.29, 1.82) is 0 Å². The number of allylic oxidation sites excluding steroid dienone is 4. The predicted octanol–water partition coefficient (Wildman–Crippen LogP) is 4.23. The van der Waals surface area contributed by atoms with Crippen molar-refractivity contribution in [2.45, 2.75) is 37.5 Å². The smallest absolute Gasteiger partial charge is 0.266 e. The SMILES string of the molecule is C/C=C\C=C/CCCC1CCN(S(=O)(=O)c2c(C(N)=O)[nH]c3ccc(Cl)cc23)C1. The first-order valence-electron chi connectivity index (χ1n) is 9.73. The number of unbranched alkanes of at least 4 members (excludes halogenated alkanes) is 1. The molecule has 1 aliphatic rings. The molecular formula is C21H26ClN3O3S. The second-order valence-corrected chi connectivity index (χ2v) is 9.60. The van der Waals surface area contributed by atoms with E-state index < -0.39 is 15.9 Å². The molecule has 156 valence electrons. The Morgan fingerprint density at radius 3 is 2.90 bits per heavy atom. The van der Waals surface area contributed by atoms with Crippen LogP contribution in [0.25, 0.3) is 10.9 Å². The summed E-state index contributed by atoms with van der Waals surface area (Å²) in [5.41, 5.74) is 5.88. The lowest BCUT2D eigenvalue weighted by Crippen LogP contribution is -2.30. The summed E-state index contributed by atoms with van der Waals surface area (Å²) in [5.74, 6) is -0.495. The van der Waals surface area contributed by atoms with E-state index in [2.05, 4.69) is 11.1 Å². The molecule has 1 unspecified atom stereocenters. The summed E-state index contributed by atoms with van der Waals surface area (Å²) in [6.45, 7) is 2.86. The van der Waals surface area contributed by atoms with Crippen LogP contribution in [-0.4, -0.2) is 36.7 Å². The van der Waals surface area contributed by atoms with Crippen molar-refractivity contribution in [2.24, 2.45) is 11.7 Å². The van der Waals surface area contributed by atoms with Gasteiger partial charge in [0.1, 0.15) is 10.6 Å². The van der Waals surface area contributed by atoms with Crippen molar-refractivity contribution in [3.63, 3.8) is 0 Å². The third kappa shape index (κ3) is 4.74. The van der Waals surface area contributed by atoms with E-state index in [1.807, 2.05) is 25.2 Å². The Morgan fingerprint density at radius 2 is 2.17 bits per heavy atom. The molecule has 8 heteroatoms. The van der Waals surface area contributed by atoms with Crippen LogP contribution in [0.5, 0.6) is 0 Å². The Kier molecular flexibility index (Phi) is 6.82. The molecule has 1 fully saturated rings. The minimum absolute atomic E-state index is 0.0718. The molecule has 3 rings (SSSR count). The van der Waals surface area contributed by atoms with Crippen LogP contribution in [0.15, 0.2) is 47.4 Å². The van der Waals surface area contributed by atoms with Gasteiger partial charge in [0.2, 0.25) is 10.0 Å². The lowest BCUT2D eigenvalue weighted by atomic mass is 10.0. The maximum atomic E-state index is 13.4. The van der Waals surface area contributed by atoms with Crippen LogP contribution in [0, 0.1) is 5.92 Å². The van der Waals surface area contributed by atoms with E-state index in [4.69, 9.17) is 17.3 Å². The van der Waals surface area contributed by atoms with Gasteiger partial charge in [-0.25, -0.2) is 8.42 Å². The number of sulfonamides is 1. The number of aromatic nitrogens is 1. The lowest BCUT2D eigenvalue weighted by molar-refractivity contribution is 0.0993. The van der Waals surface area contributed by atoms with Gasteiger partial charge in [0.05, 0.1) is 0 Å². The summed E-state index contributed by atoms with van der Waals surface area (Å²) < 4.78 is 28.2. The zero-order valence-corrected chi connectivity index (χ0v) is 18.0. The van der Waals surface area contributed by atoms with Gasteiger partial charge in [0.25, 0.3) is 5.91 Å². The highest BCUT2D eigenvalue weighted by molar-refractivity contribution is 7.89. The first-order valence-corrected chi connectivity index (χ1v) is 11.6. The van der Waals surface area contributed by atoms with Gasteiger partial charge < -0.3 is 10.7 Å². The number of aromatic amines is 1. The summed E-state index contributed by atoms with van der Waals surface area (Å²) in [6, 6.07) is 4.84. The van der Waals surface area contributed by atoms with E-state index >= 15 is 0 Å². The second-order valence-electron chi connectivity index (χ2n) is 7.29. The molecule has 29 heavy (non-hydrogen) atoms. The number of hydrogen-bond acceptors (Lipinski definition) is 3. The molecule has 1 amide bonds. The Hall–Kier alpha value is -2.09. The number of rotatable bonds is 8. The van der Waals surface area contributed by atoms with Crippen LogP contribution in [0.3, 0.4) is 0 Å². The van der Waals surface area contributed by atoms with E-state index in [1.54, 1.807) is 18.2 Å². The van der Waals surface area contributed by atoms with E-state index in [-0.39, 0.29) is 10.6 Å². The number of benzene rings is 1. The van der Waals surface area contributed by atoms with Crippen LogP contribution in [0.4, 0.5) is 0 Å². The van der Waals surface area contributed by atoms with Gasteiger partial charge in [0.15, 0.2) is 0 Å². The minimum atomic E-state index is -3.87. The Morgan fingerprint density at radius 1 is 1.38 bits per heavy atom. The van der Waals surface area contributed by atoms with Gasteiger partial charge in [-0.3, -0.25) is 4.79 Å². The van der Waals surface area contributed by atoms with Crippen LogP contribution in [0.2, 0.25) is 5.02 Å². The predicted molar refractivity (Wildman–Crippen MR) is 116 cm³/mol. The molecule has 0 aliphatic carbocycles. The normalized spacial score (nSPS) is 18.5. The zero-order chi connectivity index (χ0) is 21.0. The number of nitrogens with zero attached hydrogens (tertiary/aromatic N) is 1. The second kappa shape index (κ2) is 9.15. The van der Waals surface area contributed by atoms with Gasteiger partial charge in [0, 0.05) is 29.0 Å². The van der Waals surface area contributed by atoms with E-state index in [0.29, 0.717) is 34.9 Å². The van der Waals surface area contributed by atoms with Crippen LogP contribution < -0.4 is 5.73 Å². The molecule has 0 spiro atoms. The summed E-state index contributed by atoms with van der Waals surface area (Å²) in [5, 5.41) is 0.790. The van der Waals surface area contributed by atoms with Crippen molar-refractivity contribution in [3.8, 4) is 0 Å². The fourth-order valence-corrected chi connectivity index (χ4v) is 5.81. The fraction of sp³-hybridized carbons (Fsp3) is 0.381. The summed E-state index contributed by atoms with van der Waals surface area (Å²) >= 11 is 6.07. The quantitative estimate of drug-likeness (QED) is 0.479. The minimum Gasteiger partial charge on any atom is -0.364 e. The number of halogens is 1. The van der Waals surface area contributed by atoms with E-state index in [9.17, 15) is 13.2 Å². The third-order valence-corrected chi connectivity index (χ3v) is 7.42. The van der Waals surface area contributed by atoms with Crippen molar-refractivity contribution < 1.29 is 13.2 Å². The zero-order valence-electron chi connectivity index (χ0n) is 16.4. The number of hydrogen-bond donors (Lipinski definition) is 2. The van der Waals surface area contributed by atoms with Gasteiger partial charge in [-0.15, -0.1) is 0 Å². The third-order valence-electron chi connectivity index (χ3n) is 5.23. The van der Waals surface area contributed by atoms with Crippen LogP contribution in [-0.2, 0) is 10.0 Å². The van der Waals surface area contributed by atoms with Crippen LogP contribution in [0.1, 0.15) is 43.1 Å². The highest BCUT2D eigenvalue weighted by Gasteiger charge is 2.36. The van der Waals surface area contributed by atoms with Gasteiger partial charge in [-0.1, -0.05) is 35.9 Å². The number of primary amides is 1. The first-order chi connectivity index (χ1) is 13.8. The molecule has 2 aromatic rings. The highest BCUT2D eigenvalue weighted by atomic mass is 35.5. The maximum Gasteiger partial charge on any atom is 0.266 e. The molecule has 1 saturated heterocycles. The molecule has 0 saturated carbocycles. The number of nitrogens with one attached hydrogen (secondary N) is 1. The molecular weight excluding hydrogens is 410 g/mol. The van der Waals surface area contributed by atoms with Gasteiger partial charge in [-0.05, 0) is 56.7 Å². The molecule has 2 heterocycles. The highest BCUT2D eigenvalue weighted by Crippen LogP contribution is 2.34. The Labute approximate surface area is 176 Å². The number of amides is 1. The molecule has 0 radical (unpaired) electrons. The molecule has 1 atom stereocenters. The van der Waals surface area contributed by atoms with Gasteiger partial charge >= 0.3 is 0 Å². The van der Waals surface area contributed by atoms with E-state index in [0.717, 1.165) is 25.7 Å². The molecule has 1 aliphatic heterocycles. The topological polar surface area (TPSA) is 96.3 Å². The number of carbonyl (C=O) groups is 1. The first kappa shape index (κ1) is 21.6. The fourth-order valence-electron chi connectivity index (χ4n) is 3.77. The molecule has 3 N–H and O–H groups in total. The molecule has 1 aromatic carbocycles. The average Bonchev–Trinajstić information content (AvgIpc) is 3.29. The number of carbonyl (C=O) groups excluding carboxylic acids is 1.